The number of aryl methyl sites for hydroxylation is 1. The highest BCUT2D eigenvalue weighted by Crippen LogP contribution is 2.32. The average Bonchev–Trinajstić information content (AvgIpc) is 3.34. The Balaban J connectivity index is 1.75. The highest BCUT2D eigenvalue weighted by Gasteiger charge is 2.22. The molecule has 0 aliphatic heterocycles. The third-order valence-corrected chi connectivity index (χ3v) is 5.13. The lowest BCUT2D eigenvalue weighted by molar-refractivity contribution is 0.0952. The lowest BCUT2D eigenvalue weighted by Gasteiger charge is -2.11. The molecule has 0 aliphatic rings. The first-order valence-corrected chi connectivity index (χ1v) is 9.46. The number of amides is 1. The van der Waals surface area contributed by atoms with Crippen LogP contribution >= 0.6 is 0 Å². The third-order valence-electron chi connectivity index (χ3n) is 5.13. The first-order valence-electron chi connectivity index (χ1n) is 9.46. The van der Waals surface area contributed by atoms with Gasteiger partial charge in [-0.05, 0) is 25.1 Å². The molecular formula is C21H20F2N6O2. The highest BCUT2D eigenvalue weighted by atomic mass is 19.3. The minimum absolute atomic E-state index is 0.0408. The van der Waals surface area contributed by atoms with Crippen molar-refractivity contribution in [1.82, 2.24) is 29.7 Å². The van der Waals surface area contributed by atoms with Crippen LogP contribution in [0.3, 0.4) is 0 Å². The van der Waals surface area contributed by atoms with Crippen molar-refractivity contribution in [3.8, 4) is 17.0 Å². The molecule has 0 atom stereocenters. The summed E-state index contributed by atoms with van der Waals surface area (Å²) in [6.45, 7) is 2.13. The van der Waals surface area contributed by atoms with Crippen molar-refractivity contribution >= 4 is 11.6 Å². The van der Waals surface area contributed by atoms with Gasteiger partial charge in [0.15, 0.2) is 5.65 Å². The molecule has 3 aromatic heterocycles. The Morgan fingerprint density at radius 3 is 2.68 bits per heavy atom. The van der Waals surface area contributed by atoms with Crippen molar-refractivity contribution in [1.29, 1.82) is 0 Å². The largest absolute Gasteiger partial charge is 0.496 e. The summed E-state index contributed by atoms with van der Waals surface area (Å²) in [6, 6.07) is 8.21. The first kappa shape index (κ1) is 20.5. The number of benzene rings is 1. The molecule has 0 radical (unpaired) electrons. The van der Waals surface area contributed by atoms with E-state index in [0.29, 0.717) is 11.3 Å². The quantitative estimate of drug-likeness (QED) is 0.511. The smallest absolute Gasteiger partial charge is 0.280 e. The van der Waals surface area contributed by atoms with Gasteiger partial charge in [0.05, 0.1) is 25.2 Å². The molecule has 8 nitrogen and oxygen atoms in total. The average molecular weight is 426 g/mol. The van der Waals surface area contributed by atoms with Crippen LogP contribution in [0, 0.1) is 6.92 Å². The number of nitrogens with zero attached hydrogens (tertiary/aromatic N) is 5. The van der Waals surface area contributed by atoms with E-state index in [9.17, 15) is 13.6 Å². The summed E-state index contributed by atoms with van der Waals surface area (Å²) >= 11 is 0. The van der Waals surface area contributed by atoms with E-state index >= 15 is 0 Å². The van der Waals surface area contributed by atoms with Crippen LogP contribution in [0.4, 0.5) is 8.78 Å². The molecule has 10 heteroatoms. The zero-order valence-corrected chi connectivity index (χ0v) is 17.1. The number of aromatic nitrogens is 5. The van der Waals surface area contributed by atoms with Crippen LogP contribution in [0.1, 0.15) is 33.7 Å². The van der Waals surface area contributed by atoms with Gasteiger partial charge in [0, 0.05) is 30.4 Å². The summed E-state index contributed by atoms with van der Waals surface area (Å²) in [7, 11) is 3.30. The molecule has 1 aromatic carbocycles. The normalized spacial score (nSPS) is 11.3. The van der Waals surface area contributed by atoms with Gasteiger partial charge in [-0.25, -0.2) is 18.3 Å². The number of hydrogen-bond donors (Lipinski definition) is 1. The highest BCUT2D eigenvalue weighted by molar-refractivity contribution is 5.99. The van der Waals surface area contributed by atoms with Crippen molar-refractivity contribution in [3.05, 3.63) is 65.2 Å². The fourth-order valence-corrected chi connectivity index (χ4v) is 3.28. The molecule has 0 saturated carbocycles. The van der Waals surface area contributed by atoms with Gasteiger partial charge in [-0.15, -0.1) is 0 Å². The monoisotopic (exact) mass is 426 g/mol. The van der Waals surface area contributed by atoms with Gasteiger partial charge < -0.3 is 10.1 Å². The van der Waals surface area contributed by atoms with Crippen LogP contribution < -0.4 is 10.1 Å². The molecule has 0 saturated heterocycles. The van der Waals surface area contributed by atoms with Gasteiger partial charge >= 0.3 is 0 Å². The van der Waals surface area contributed by atoms with Gasteiger partial charge in [0.25, 0.3) is 12.3 Å². The lowest BCUT2D eigenvalue weighted by Crippen LogP contribution is -2.23. The minimum atomic E-state index is -2.81. The van der Waals surface area contributed by atoms with Crippen molar-refractivity contribution < 1.29 is 18.3 Å². The number of halogens is 2. The maximum absolute atomic E-state index is 13.8. The zero-order valence-electron chi connectivity index (χ0n) is 17.1. The molecule has 0 spiro atoms. The van der Waals surface area contributed by atoms with Crippen LogP contribution in [0.2, 0.25) is 0 Å². The van der Waals surface area contributed by atoms with Crippen LogP contribution in [-0.2, 0) is 13.6 Å². The fraction of sp³-hybridized carbons (Fsp3) is 0.238. The number of carbonyl (C=O) groups is 1. The number of hydrogen-bond acceptors (Lipinski definition) is 5. The number of fused-ring (bicyclic) bond motifs is 1. The van der Waals surface area contributed by atoms with Gasteiger partial charge in [-0.3, -0.25) is 9.48 Å². The molecule has 0 bridgehead atoms. The molecule has 0 aliphatic carbocycles. The number of rotatable bonds is 6. The first-order chi connectivity index (χ1) is 14.9. The number of alkyl halides is 2. The number of ether oxygens (including phenoxy) is 1. The summed E-state index contributed by atoms with van der Waals surface area (Å²) in [5, 5.41) is 10.9. The van der Waals surface area contributed by atoms with Gasteiger partial charge in [0.2, 0.25) is 0 Å². The van der Waals surface area contributed by atoms with Crippen LogP contribution in [-0.4, -0.2) is 37.4 Å². The van der Waals surface area contributed by atoms with Crippen molar-refractivity contribution in [3.63, 3.8) is 0 Å². The Kier molecular flexibility index (Phi) is 5.37. The molecule has 1 amide bonds. The second-order valence-electron chi connectivity index (χ2n) is 6.92. The predicted molar refractivity (Wildman–Crippen MR) is 109 cm³/mol. The van der Waals surface area contributed by atoms with Crippen LogP contribution in [0.5, 0.6) is 5.75 Å². The van der Waals surface area contributed by atoms with E-state index in [-0.39, 0.29) is 29.1 Å². The maximum atomic E-state index is 13.8. The summed E-state index contributed by atoms with van der Waals surface area (Å²) in [5.74, 6) is 0.0142. The van der Waals surface area contributed by atoms with Crippen molar-refractivity contribution in [2.24, 2.45) is 7.05 Å². The van der Waals surface area contributed by atoms with Gasteiger partial charge in [0.1, 0.15) is 17.0 Å². The van der Waals surface area contributed by atoms with E-state index < -0.39 is 12.3 Å². The lowest BCUT2D eigenvalue weighted by atomic mass is 10.1. The van der Waals surface area contributed by atoms with E-state index in [1.807, 2.05) is 6.92 Å². The van der Waals surface area contributed by atoms with Crippen molar-refractivity contribution in [2.45, 2.75) is 19.9 Å². The van der Waals surface area contributed by atoms with Crippen LogP contribution in [0.15, 0.2) is 42.7 Å². The van der Waals surface area contributed by atoms with Gasteiger partial charge in [-0.1, -0.05) is 12.1 Å². The Hall–Kier alpha value is -3.82. The molecule has 0 unspecified atom stereocenters. The maximum Gasteiger partial charge on any atom is 0.280 e. The molecular weight excluding hydrogens is 406 g/mol. The summed E-state index contributed by atoms with van der Waals surface area (Å²) in [5.41, 5.74) is 2.33. The van der Waals surface area contributed by atoms with E-state index in [1.54, 1.807) is 42.2 Å². The van der Waals surface area contributed by atoms with E-state index in [0.717, 1.165) is 15.8 Å². The second kappa shape index (κ2) is 8.13. The second-order valence-corrected chi connectivity index (χ2v) is 6.92. The third kappa shape index (κ3) is 3.72. The molecule has 4 aromatic rings. The Bertz CT molecular complexity index is 1260. The standard InChI is InChI=1S/C21H20F2N6O2/c1-12-13(10-25-28(12)2)9-24-21(30)15-11-26-29-17(19(22)23)8-16(27-20(15)29)14-6-4-5-7-18(14)31-3/h4-8,10-11,19H,9H2,1-3H3,(H,24,30). The molecule has 3 heterocycles. The van der Waals surface area contributed by atoms with Crippen LogP contribution in [0.25, 0.3) is 16.9 Å². The van der Waals surface area contributed by atoms with Gasteiger partial charge in [-0.2, -0.15) is 10.2 Å². The topological polar surface area (TPSA) is 86.3 Å². The Morgan fingerprint density at radius 2 is 2.00 bits per heavy atom. The molecule has 0 fully saturated rings. The number of methoxy groups -OCH3 is 1. The fourth-order valence-electron chi connectivity index (χ4n) is 3.28. The summed E-state index contributed by atoms with van der Waals surface area (Å²) in [6.07, 6.45) is 0.0948. The van der Waals surface area contributed by atoms with Crippen molar-refractivity contribution in [2.75, 3.05) is 7.11 Å². The number of carbonyl (C=O) groups excluding carboxylic acids is 1. The van der Waals surface area contributed by atoms with E-state index in [2.05, 4.69) is 20.5 Å². The molecule has 160 valence electrons. The Morgan fingerprint density at radius 1 is 1.23 bits per heavy atom. The van der Waals surface area contributed by atoms with E-state index in [1.165, 1.54) is 19.4 Å². The Labute approximate surface area is 176 Å². The molecule has 4 rings (SSSR count). The summed E-state index contributed by atoms with van der Waals surface area (Å²) < 4.78 is 35.6. The number of para-hydroxylation sites is 1. The number of nitrogens with one attached hydrogen (secondary N) is 1. The summed E-state index contributed by atoms with van der Waals surface area (Å²) in [4.78, 5) is 17.3. The zero-order chi connectivity index (χ0) is 22.1. The molecule has 1 N–H and O–H groups in total. The minimum Gasteiger partial charge on any atom is -0.496 e. The predicted octanol–water partition coefficient (Wildman–Crippen LogP) is 3.31. The van der Waals surface area contributed by atoms with E-state index in [4.69, 9.17) is 4.74 Å². The SMILES string of the molecule is COc1ccccc1-c1cc(C(F)F)n2ncc(C(=O)NCc3cnn(C)c3C)c2n1. The molecule has 31 heavy (non-hydrogen) atoms.